The third-order valence-electron chi connectivity index (χ3n) is 2.87. The highest BCUT2D eigenvalue weighted by Crippen LogP contribution is 2.22. The monoisotopic (exact) mass is 336 g/mol. The van der Waals surface area contributed by atoms with Crippen molar-refractivity contribution in [1.82, 2.24) is 5.32 Å². The quantitative estimate of drug-likeness (QED) is 0.841. The van der Waals surface area contributed by atoms with Crippen LogP contribution in [0.3, 0.4) is 0 Å². The van der Waals surface area contributed by atoms with Crippen LogP contribution in [0, 0.1) is 0 Å². The fraction of sp³-hybridized carbons (Fsp3) is 0.125. The number of hydrogen-bond acceptors (Lipinski definition) is 2. The van der Waals surface area contributed by atoms with Gasteiger partial charge in [-0.05, 0) is 30.2 Å². The van der Waals surface area contributed by atoms with E-state index in [4.69, 9.17) is 23.2 Å². The first-order valence-corrected chi connectivity index (χ1v) is 7.39. The van der Waals surface area contributed by atoms with Gasteiger partial charge < -0.3 is 10.6 Å². The van der Waals surface area contributed by atoms with Crippen LogP contribution < -0.4 is 10.6 Å². The van der Waals surface area contributed by atoms with Crippen LogP contribution >= 0.6 is 23.2 Å². The van der Waals surface area contributed by atoms with Crippen molar-refractivity contribution in [1.29, 1.82) is 0 Å². The zero-order valence-corrected chi connectivity index (χ0v) is 13.1. The minimum atomic E-state index is -0.758. The molecule has 0 spiro atoms. The average Bonchev–Trinajstić information content (AvgIpc) is 2.47. The van der Waals surface area contributed by atoms with Crippen molar-refractivity contribution < 1.29 is 9.59 Å². The van der Waals surface area contributed by atoms with E-state index < -0.39 is 11.8 Å². The van der Waals surface area contributed by atoms with Gasteiger partial charge in [0, 0.05) is 22.3 Å². The van der Waals surface area contributed by atoms with Gasteiger partial charge in [0.1, 0.15) is 0 Å². The molecule has 6 heteroatoms. The second-order valence-electron chi connectivity index (χ2n) is 4.60. The molecule has 0 unspecified atom stereocenters. The van der Waals surface area contributed by atoms with E-state index >= 15 is 0 Å². The number of carbonyl (C=O) groups excluding carboxylic acids is 2. The highest BCUT2D eigenvalue weighted by Gasteiger charge is 2.13. The third-order valence-corrected chi connectivity index (χ3v) is 3.31. The van der Waals surface area contributed by atoms with Gasteiger partial charge >= 0.3 is 11.8 Å². The molecule has 0 heterocycles. The Labute approximate surface area is 138 Å². The molecule has 2 aromatic carbocycles. The van der Waals surface area contributed by atoms with Crippen LogP contribution in [0.5, 0.6) is 0 Å². The van der Waals surface area contributed by atoms with E-state index in [2.05, 4.69) is 10.6 Å². The molecule has 0 saturated carbocycles. The Balaban J connectivity index is 1.83. The molecule has 0 bridgehead atoms. The summed E-state index contributed by atoms with van der Waals surface area (Å²) < 4.78 is 0. The van der Waals surface area contributed by atoms with E-state index in [9.17, 15) is 9.59 Å². The van der Waals surface area contributed by atoms with Gasteiger partial charge in [-0.25, -0.2) is 0 Å². The second kappa shape index (κ2) is 7.82. The minimum Gasteiger partial charge on any atom is -0.347 e. The first-order chi connectivity index (χ1) is 10.5. The number of benzene rings is 2. The lowest BCUT2D eigenvalue weighted by Gasteiger charge is -2.07. The van der Waals surface area contributed by atoms with Gasteiger partial charge in [-0.1, -0.05) is 53.5 Å². The van der Waals surface area contributed by atoms with Crippen LogP contribution in [-0.4, -0.2) is 18.4 Å². The number of nitrogens with one attached hydrogen (secondary N) is 2. The second-order valence-corrected chi connectivity index (χ2v) is 5.48. The van der Waals surface area contributed by atoms with Gasteiger partial charge in [-0.2, -0.15) is 0 Å². The molecule has 0 aromatic heterocycles. The molecule has 0 aliphatic carbocycles. The third kappa shape index (κ3) is 5.06. The smallest absolute Gasteiger partial charge is 0.313 e. The lowest BCUT2D eigenvalue weighted by Crippen LogP contribution is -2.36. The maximum atomic E-state index is 11.8. The van der Waals surface area contributed by atoms with Crippen LogP contribution in [0.2, 0.25) is 10.0 Å². The number of carbonyl (C=O) groups is 2. The Bertz CT molecular complexity index is 655. The number of halogens is 2. The van der Waals surface area contributed by atoms with Gasteiger partial charge in [0.2, 0.25) is 0 Å². The largest absolute Gasteiger partial charge is 0.347 e. The number of amides is 2. The summed E-state index contributed by atoms with van der Waals surface area (Å²) in [6.07, 6.45) is 0.656. The van der Waals surface area contributed by atoms with Gasteiger partial charge in [-0.3, -0.25) is 9.59 Å². The molecule has 4 nitrogen and oxygen atoms in total. The van der Waals surface area contributed by atoms with E-state index in [1.807, 2.05) is 30.3 Å². The normalized spacial score (nSPS) is 10.1. The summed E-state index contributed by atoms with van der Waals surface area (Å²) in [5.41, 5.74) is 1.46. The molecular formula is C16H14Cl2N2O2. The van der Waals surface area contributed by atoms with Crippen LogP contribution in [-0.2, 0) is 16.0 Å². The number of hydrogen-bond donors (Lipinski definition) is 2. The van der Waals surface area contributed by atoms with Gasteiger partial charge in [-0.15, -0.1) is 0 Å². The number of rotatable bonds is 4. The summed E-state index contributed by atoms with van der Waals surface area (Å²) in [7, 11) is 0. The van der Waals surface area contributed by atoms with E-state index in [0.717, 1.165) is 5.56 Å². The van der Waals surface area contributed by atoms with Crippen molar-refractivity contribution in [3.05, 3.63) is 64.1 Å². The predicted octanol–water partition coefficient (Wildman–Crippen LogP) is 3.29. The first kappa shape index (κ1) is 16.3. The molecule has 0 aliphatic rings. The highest BCUT2D eigenvalue weighted by molar-refractivity contribution is 6.40. The van der Waals surface area contributed by atoms with Crippen molar-refractivity contribution in [2.24, 2.45) is 0 Å². The molecule has 0 aliphatic heterocycles. The Morgan fingerprint density at radius 3 is 2.18 bits per heavy atom. The van der Waals surface area contributed by atoms with E-state index in [1.54, 1.807) is 6.07 Å². The van der Waals surface area contributed by atoms with Crippen LogP contribution in [0.1, 0.15) is 5.56 Å². The molecule has 114 valence electrons. The van der Waals surface area contributed by atoms with Crippen molar-refractivity contribution in [2.45, 2.75) is 6.42 Å². The maximum absolute atomic E-state index is 11.8. The van der Waals surface area contributed by atoms with Crippen LogP contribution in [0.4, 0.5) is 5.69 Å². The lowest BCUT2D eigenvalue weighted by molar-refractivity contribution is -0.136. The van der Waals surface area contributed by atoms with E-state index in [1.165, 1.54) is 12.1 Å². The molecule has 22 heavy (non-hydrogen) atoms. The lowest BCUT2D eigenvalue weighted by atomic mass is 10.1. The Morgan fingerprint density at radius 2 is 1.55 bits per heavy atom. The zero-order chi connectivity index (χ0) is 15.9. The van der Waals surface area contributed by atoms with Crippen LogP contribution in [0.15, 0.2) is 48.5 Å². The van der Waals surface area contributed by atoms with Crippen LogP contribution in [0.25, 0.3) is 0 Å². The molecular weight excluding hydrogens is 323 g/mol. The fourth-order valence-corrected chi connectivity index (χ4v) is 2.39. The fourth-order valence-electron chi connectivity index (χ4n) is 1.86. The predicted molar refractivity (Wildman–Crippen MR) is 88.2 cm³/mol. The van der Waals surface area contributed by atoms with Crippen molar-refractivity contribution in [3.63, 3.8) is 0 Å². The molecule has 0 fully saturated rings. The average molecular weight is 337 g/mol. The topological polar surface area (TPSA) is 58.2 Å². The molecule has 0 saturated heterocycles. The Morgan fingerprint density at radius 1 is 0.909 bits per heavy atom. The molecule has 0 atom stereocenters. The molecule has 2 amide bonds. The number of anilines is 1. The van der Waals surface area contributed by atoms with Gasteiger partial charge in [0.15, 0.2) is 0 Å². The van der Waals surface area contributed by atoms with Crippen molar-refractivity contribution >= 4 is 40.7 Å². The standard InChI is InChI=1S/C16H14Cl2N2O2/c17-12-8-13(18)10-14(9-12)20-16(22)15(21)19-7-6-11-4-2-1-3-5-11/h1-5,8-10H,6-7H2,(H,19,21)(H,20,22). The van der Waals surface area contributed by atoms with Crippen molar-refractivity contribution in [2.75, 3.05) is 11.9 Å². The minimum absolute atomic E-state index is 0.376. The van der Waals surface area contributed by atoms with E-state index in [0.29, 0.717) is 28.7 Å². The zero-order valence-electron chi connectivity index (χ0n) is 11.6. The van der Waals surface area contributed by atoms with Gasteiger partial charge in [0.05, 0.1) is 0 Å². The molecule has 2 N–H and O–H groups in total. The first-order valence-electron chi connectivity index (χ1n) is 6.64. The summed E-state index contributed by atoms with van der Waals surface area (Å²) in [4.78, 5) is 23.5. The van der Waals surface area contributed by atoms with Gasteiger partial charge in [0.25, 0.3) is 0 Å². The summed E-state index contributed by atoms with van der Waals surface area (Å²) >= 11 is 11.7. The Hall–Kier alpha value is -2.04. The summed E-state index contributed by atoms with van der Waals surface area (Å²) in [5.74, 6) is -1.46. The Kier molecular flexibility index (Phi) is 5.81. The summed E-state index contributed by atoms with van der Waals surface area (Å²) in [6, 6.07) is 14.3. The molecule has 0 radical (unpaired) electrons. The molecule has 2 rings (SSSR count). The molecule has 2 aromatic rings. The SMILES string of the molecule is O=C(NCCc1ccccc1)C(=O)Nc1cc(Cl)cc(Cl)c1. The summed E-state index contributed by atoms with van der Waals surface area (Å²) in [5, 5.41) is 5.78. The summed E-state index contributed by atoms with van der Waals surface area (Å²) in [6.45, 7) is 0.382. The highest BCUT2D eigenvalue weighted by atomic mass is 35.5. The maximum Gasteiger partial charge on any atom is 0.313 e. The van der Waals surface area contributed by atoms with E-state index in [-0.39, 0.29) is 0 Å². The van der Waals surface area contributed by atoms with Crippen molar-refractivity contribution in [3.8, 4) is 0 Å².